The van der Waals surface area contributed by atoms with Crippen LogP contribution in [0, 0.1) is 19.8 Å². The molecule has 1 atom stereocenters. The van der Waals surface area contributed by atoms with Crippen molar-refractivity contribution in [2.45, 2.75) is 33.2 Å². The van der Waals surface area contributed by atoms with Gasteiger partial charge in [-0.3, -0.25) is 14.6 Å². The van der Waals surface area contributed by atoms with Crippen LogP contribution in [0.25, 0.3) is 0 Å². The largest absolute Gasteiger partial charge is 0.355 e. The summed E-state index contributed by atoms with van der Waals surface area (Å²) in [5, 5.41) is 2.91. The maximum atomic E-state index is 12.4. The van der Waals surface area contributed by atoms with Gasteiger partial charge in [-0.25, -0.2) is 9.97 Å². The Morgan fingerprint density at radius 3 is 2.62 bits per heavy atom. The van der Waals surface area contributed by atoms with Crippen LogP contribution in [0.4, 0.5) is 0 Å². The van der Waals surface area contributed by atoms with Gasteiger partial charge in [0.15, 0.2) is 0 Å². The predicted molar refractivity (Wildman–Crippen MR) is 96.0 cm³/mol. The summed E-state index contributed by atoms with van der Waals surface area (Å²) in [5.41, 5.74) is 2.86. The molecule has 26 heavy (non-hydrogen) atoms. The molecule has 0 radical (unpaired) electrons. The number of amides is 2. The summed E-state index contributed by atoms with van der Waals surface area (Å²) in [6.45, 7) is 5.29. The minimum absolute atomic E-state index is 0.0135. The van der Waals surface area contributed by atoms with Crippen molar-refractivity contribution < 1.29 is 9.59 Å². The lowest BCUT2D eigenvalue weighted by molar-refractivity contribution is -0.129. The minimum Gasteiger partial charge on any atom is -0.355 e. The van der Waals surface area contributed by atoms with E-state index >= 15 is 0 Å². The molecule has 1 fully saturated rings. The number of pyridine rings is 1. The van der Waals surface area contributed by atoms with Crippen LogP contribution in [0.5, 0.6) is 0 Å². The van der Waals surface area contributed by atoms with Gasteiger partial charge in [-0.15, -0.1) is 0 Å². The molecule has 7 nitrogen and oxygen atoms in total. The topological polar surface area (TPSA) is 88.1 Å². The summed E-state index contributed by atoms with van der Waals surface area (Å²) in [4.78, 5) is 39.0. The Bertz CT molecular complexity index is 774. The lowest BCUT2D eigenvalue weighted by Crippen LogP contribution is -2.34. The second-order valence-electron chi connectivity index (χ2n) is 6.64. The van der Waals surface area contributed by atoms with Crippen LogP contribution in [-0.2, 0) is 22.6 Å². The molecule has 1 N–H and O–H groups in total. The Morgan fingerprint density at radius 1 is 1.23 bits per heavy atom. The van der Waals surface area contributed by atoms with E-state index in [1.54, 1.807) is 17.3 Å². The summed E-state index contributed by atoms with van der Waals surface area (Å²) in [7, 11) is 0. The van der Waals surface area contributed by atoms with E-state index < -0.39 is 0 Å². The zero-order valence-corrected chi connectivity index (χ0v) is 15.1. The summed E-state index contributed by atoms with van der Waals surface area (Å²) < 4.78 is 0. The lowest BCUT2D eigenvalue weighted by atomic mass is 10.1. The number of carbonyl (C=O) groups excluding carboxylic acids is 2. The normalized spacial score (nSPS) is 16.8. The van der Waals surface area contributed by atoms with Crippen molar-refractivity contribution in [2.24, 2.45) is 5.92 Å². The Hall–Kier alpha value is -2.83. The van der Waals surface area contributed by atoms with Gasteiger partial charge >= 0.3 is 0 Å². The fourth-order valence-corrected chi connectivity index (χ4v) is 3.16. The molecule has 1 saturated heterocycles. The maximum Gasteiger partial charge on any atom is 0.225 e. The number of aryl methyl sites for hydroxylation is 2. The van der Waals surface area contributed by atoms with Crippen molar-refractivity contribution in [2.75, 3.05) is 13.1 Å². The van der Waals surface area contributed by atoms with Gasteiger partial charge < -0.3 is 10.2 Å². The number of hydrogen-bond donors (Lipinski definition) is 1. The molecule has 0 bridgehead atoms. The first kappa shape index (κ1) is 18.0. The first-order chi connectivity index (χ1) is 12.5. The quantitative estimate of drug-likeness (QED) is 0.843. The third-order valence-corrected chi connectivity index (χ3v) is 4.38. The molecule has 2 aromatic rings. The number of aromatic nitrogens is 3. The standard InChI is InChI=1S/C19H23N5O2/c1-13-9-14(2)23-17(22-13)5-8-21-19(26)16-10-18(25)24(12-16)11-15-3-6-20-7-4-15/h3-4,6-7,9,16H,5,8,10-12H2,1-2H3,(H,21,26). The van der Waals surface area contributed by atoms with Gasteiger partial charge in [0, 0.05) is 56.3 Å². The molecule has 7 heteroatoms. The van der Waals surface area contributed by atoms with Gasteiger partial charge in [0.25, 0.3) is 0 Å². The zero-order valence-electron chi connectivity index (χ0n) is 15.1. The Morgan fingerprint density at radius 2 is 1.92 bits per heavy atom. The first-order valence-corrected chi connectivity index (χ1v) is 8.77. The van der Waals surface area contributed by atoms with E-state index in [0.29, 0.717) is 26.1 Å². The van der Waals surface area contributed by atoms with E-state index in [9.17, 15) is 9.59 Å². The van der Waals surface area contributed by atoms with Crippen molar-refractivity contribution in [3.8, 4) is 0 Å². The zero-order chi connectivity index (χ0) is 18.5. The SMILES string of the molecule is Cc1cc(C)nc(CCNC(=O)C2CC(=O)N(Cc3ccncc3)C2)n1. The number of carbonyl (C=O) groups is 2. The Balaban J connectivity index is 1.48. The number of nitrogens with zero attached hydrogens (tertiary/aromatic N) is 4. The number of likely N-dealkylation sites (tertiary alicyclic amines) is 1. The second kappa shape index (κ2) is 8.03. The van der Waals surface area contributed by atoms with Gasteiger partial charge in [-0.1, -0.05) is 0 Å². The van der Waals surface area contributed by atoms with Gasteiger partial charge in [0.05, 0.1) is 5.92 Å². The van der Waals surface area contributed by atoms with E-state index in [1.165, 1.54) is 0 Å². The predicted octanol–water partition coefficient (Wildman–Crippen LogP) is 1.20. The van der Waals surface area contributed by atoms with Gasteiger partial charge in [-0.2, -0.15) is 0 Å². The van der Waals surface area contributed by atoms with E-state index in [0.717, 1.165) is 22.8 Å². The first-order valence-electron chi connectivity index (χ1n) is 8.77. The van der Waals surface area contributed by atoms with Crippen molar-refractivity contribution in [1.29, 1.82) is 0 Å². The molecule has 2 aromatic heterocycles. The summed E-state index contributed by atoms with van der Waals surface area (Å²) in [6, 6.07) is 5.68. The van der Waals surface area contributed by atoms with Crippen molar-refractivity contribution in [3.63, 3.8) is 0 Å². The summed E-state index contributed by atoms with van der Waals surface area (Å²) >= 11 is 0. The smallest absolute Gasteiger partial charge is 0.225 e. The molecule has 1 unspecified atom stereocenters. The minimum atomic E-state index is -0.301. The molecule has 136 valence electrons. The Labute approximate surface area is 152 Å². The molecule has 1 aliphatic rings. The van der Waals surface area contributed by atoms with E-state index in [2.05, 4.69) is 20.3 Å². The molecule has 0 spiro atoms. The van der Waals surface area contributed by atoms with Crippen LogP contribution in [-0.4, -0.2) is 44.8 Å². The molecule has 0 aromatic carbocycles. The van der Waals surface area contributed by atoms with E-state index in [4.69, 9.17) is 0 Å². The number of nitrogens with one attached hydrogen (secondary N) is 1. The second-order valence-corrected chi connectivity index (χ2v) is 6.64. The average Bonchev–Trinajstić information content (AvgIpc) is 2.96. The molecular weight excluding hydrogens is 330 g/mol. The molecular formula is C19H23N5O2. The van der Waals surface area contributed by atoms with E-state index in [-0.39, 0.29) is 24.2 Å². The van der Waals surface area contributed by atoms with Crippen LogP contribution in [0.1, 0.15) is 29.2 Å². The highest BCUT2D eigenvalue weighted by Crippen LogP contribution is 2.20. The van der Waals surface area contributed by atoms with Crippen LogP contribution >= 0.6 is 0 Å². The molecule has 1 aliphatic heterocycles. The molecule has 2 amide bonds. The lowest BCUT2D eigenvalue weighted by Gasteiger charge is -2.16. The molecule has 0 saturated carbocycles. The summed E-state index contributed by atoms with van der Waals surface area (Å²) in [5.74, 6) is 0.355. The third-order valence-electron chi connectivity index (χ3n) is 4.38. The third kappa shape index (κ3) is 4.62. The number of hydrogen-bond acceptors (Lipinski definition) is 5. The van der Waals surface area contributed by atoms with Crippen molar-refractivity contribution >= 4 is 11.8 Å². The van der Waals surface area contributed by atoms with E-state index in [1.807, 2.05) is 32.0 Å². The fraction of sp³-hybridized carbons (Fsp3) is 0.421. The highest BCUT2D eigenvalue weighted by Gasteiger charge is 2.34. The average molecular weight is 353 g/mol. The molecule has 3 heterocycles. The van der Waals surface area contributed by atoms with Crippen molar-refractivity contribution in [3.05, 3.63) is 53.4 Å². The van der Waals surface area contributed by atoms with Crippen LogP contribution in [0.3, 0.4) is 0 Å². The van der Waals surface area contributed by atoms with Crippen LogP contribution < -0.4 is 5.32 Å². The highest BCUT2D eigenvalue weighted by molar-refractivity contribution is 5.89. The highest BCUT2D eigenvalue weighted by atomic mass is 16.2. The fourth-order valence-electron chi connectivity index (χ4n) is 3.16. The van der Waals surface area contributed by atoms with Crippen LogP contribution in [0.15, 0.2) is 30.6 Å². The molecule has 0 aliphatic carbocycles. The maximum absolute atomic E-state index is 12.4. The monoisotopic (exact) mass is 353 g/mol. The summed E-state index contributed by atoms with van der Waals surface area (Å²) in [6.07, 6.45) is 4.25. The van der Waals surface area contributed by atoms with Gasteiger partial charge in [0.1, 0.15) is 5.82 Å². The molecule has 3 rings (SSSR count). The van der Waals surface area contributed by atoms with Crippen LogP contribution in [0.2, 0.25) is 0 Å². The van der Waals surface area contributed by atoms with Gasteiger partial charge in [-0.05, 0) is 37.6 Å². The number of rotatable bonds is 6. The Kier molecular flexibility index (Phi) is 5.55. The van der Waals surface area contributed by atoms with Crippen molar-refractivity contribution in [1.82, 2.24) is 25.2 Å². The van der Waals surface area contributed by atoms with Gasteiger partial charge in [0.2, 0.25) is 11.8 Å².